The molecule has 2 aliphatic rings. The van der Waals surface area contributed by atoms with Gasteiger partial charge in [0.2, 0.25) is 0 Å². The van der Waals surface area contributed by atoms with Crippen LogP contribution in [0.2, 0.25) is 0 Å². The van der Waals surface area contributed by atoms with Crippen LogP contribution in [-0.4, -0.2) is 34.4 Å². The van der Waals surface area contributed by atoms with Crippen molar-refractivity contribution in [2.75, 3.05) is 20.1 Å². The molecule has 0 aliphatic carbocycles. The molecular weight excluding hydrogens is 294 g/mol. The number of fused-ring (bicyclic) bond motifs is 2. The summed E-state index contributed by atoms with van der Waals surface area (Å²) in [7, 11) is 0.866. The molecule has 1 saturated heterocycles. The first kappa shape index (κ1) is 14.1. The van der Waals surface area contributed by atoms with Crippen LogP contribution in [0.3, 0.4) is 0 Å². The molecule has 2 aromatic carbocycles. The molecule has 0 spiro atoms. The maximum Gasteiger partial charge on any atom is 0.121 e. The number of benzene rings is 2. The molecule has 0 saturated carbocycles. The van der Waals surface area contributed by atoms with Crippen LogP contribution in [0.25, 0.3) is 0 Å². The summed E-state index contributed by atoms with van der Waals surface area (Å²) in [6, 6.07) is 15.3. The number of hydrogen-bond acceptors (Lipinski definition) is 3. The average molecular weight is 313 g/mol. The van der Waals surface area contributed by atoms with E-state index in [4.69, 9.17) is 0 Å². The average Bonchev–Trinajstić information content (AvgIpc) is 3.00. The summed E-state index contributed by atoms with van der Waals surface area (Å²) < 4.78 is 12.9. The quantitative estimate of drug-likeness (QED) is 0.878. The van der Waals surface area contributed by atoms with Crippen LogP contribution < -0.4 is 0 Å². The molecule has 4 heteroatoms. The van der Waals surface area contributed by atoms with Gasteiger partial charge in [-0.1, -0.05) is 36.4 Å². The van der Waals surface area contributed by atoms with Crippen LogP contribution in [0.5, 0.6) is 0 Å². The van der Waals surface area contributed by atoms with Crippen LogP contribution in [0.4, 0.5) is 0 Å². The molecule has 0 radical (unpaired) electrons. The van der Waals surface area contributed by atoms with Crippen molar-refractivity contribution in [1.29, 1.82) is 0 Å². The van der Waals surface area contributed by atoms with E-state index in [2.05, 4.69) is 11.9 Å². The minimum atomic E-state index is -1.22. The molecular formula is C18H19NO2S. The molecule has 2 aliphatic heterocycles. The van der Waals surface area contributed by atoms with Gasteiger partial charge in [-0.05, 0) is 32.1 Å². The third kappa shape index (κ3) is 1.84. The molecule has 1 fully saturated rings. The minimum Gasteiger partial charge on any atom is -0.380 e. The normalized spacial score (nSPS) is 30.8. The molecule has 0 aromatic heterocycles. The summed E-state index contributed by atoms with van der Waals surface area (Å²) in [5.41, 5.74) is 0.575. The van der Waals surface area contributed by atoms with Crippen molar-refractivity contribution in [3.63, 3.8) is 0 Å². The Balaban J connectivity index is 1.98. The van der Waals surface area contributed by atoms with Gasteiger partial charge in [0.05, 0.1) is 20.6 Å². The third-order valence-electron chi connectivity index (χ3n) is 4.98. The lowest BCUT2D eigenvalue weighted by molar-refractivity contribution is 0.0146. The highest BCUT2D eigenvalue weighted by Crippen LogP contribution is 2.48. The topological polar surface area (TPSA) is 40.5 Å². The van der Waals surface area contributed by atoms with Crippen molar-refractivity contribution in [3.8, 4) is 0 Å². The van der Waals surface area contributed by atoms with E-state index in [1.165, 1.54) is 0 Å². The van der Waals surface area contributed by atoms with Gasteiger partial charge in [0, 0.05) is 23.6 Å². The summed E-state index contributed by atoms with van der Waals surface area (Å²) >= 11 is 0. The first-order valence-electron chi connectivity index (χ1n) is 7.64. The standard InChI is InChI=1S/C18H19NO2S/c1-19-11-10-13(12-19)18(20)14-6-2-4-8-16(14)22(21)17-9-5-3-7-15(17)18/h2-9,13,20H,10-12H2,1H3. The first-order chi connectivity index (χ1) is 10.6. The van der Waals surface area contributed by atoms with Crippen molar-refractivity contribution in [2.45, 2.75) is 21.8 Å². The molecule has 1 unspecified atom stereocenters. The van der Waals surface area contributed by atoms with Gasteiger partial charge in [0.15, 0.2) is 0 Å². The maximum absolute atomic E-state index is 12.9. The summed E-state index contributed by atoms with van der Waals surface area (Å²) in [4.78, 5) is 3.75. The molecule has 114 valence electrons. The van der Waals surface area contributed by atoms with E-state index in [0.29, 0.717) is 0 Å². The molecule has 2 heterocycles. The Kier molecular flexibility index (Phi) is 3.22. The molecule has 1 atom stereocenters. The summed E-state index contributed by atoms with van der Waals surface area (Å²) in [6.45, 7) is 1.84. The van der Waals surface area contributed by atoms with E-state index in [1.54, 1.807) is 0 Å². The smallest absolute Gasteiger partial charge is 0.121 e. The zero-order chi connectivity index (χ0) is 15.3. The fourth-order valence-corrected chi connectivity index (χ4v) is 5.35. The van der Waals surface area contributed by atoms with Gasteiger partial charge in [-0.25, -0.2) is 4.21 Å². The van der Waals surface area contributed by atoms with E-state index in [-0.39, 0.29) is 5.92 Å². The van der Waals surface area contributed by atoms with E-state index >= 15 is 0 Å². The fraction of sp³-hybridized carbons (Fsp3) is 0.333. The van der Waals surface area contributed by atoms with Crippen LogP contribution in [0, 0.1) is 5.92 Å². The first-order valence-corrected chi connectivity index (χ1v) is 8.79. The monoisotopic (exact) mass is 313 g/mol. The van der Waals surface area contributed by atoms with Gasteiger partial charge >= 0.3 is 0 Å². The van der Waals surface area contributed by atoms with Gasteiger partial charge in [-0.15, -0.1) is 0 Å². The van der Waals surface area contributed by atoms with E-state index < -0.39 is 16.4 Å². The van der Waals surface area contributed by atoms with Crippen LogP contribution in [-0.2, 0) is 16.4 Å². The Morgan fingerprint density at radius 3 is 2.14 bits per heavy atom. The predicted molar refractivity (Wildman–Crippen MR) is 86.2 cm³/mol. The summed E-state index contributed by atoms with van der Waals surface area (Å²) in [6.07, 6.45) is 0.947. The van der Waals surface area contributed by atoms with E-state index in [9.17, 15) is 9.32 Å². The van der Waals surface area contributed by atoms with Crippen molar-refractivity contribution < 1.29 is 9.32 Å². The lowest BCUT2D eigenvalue weighted by atomic mass is 9.75. The van der Waals surface area contributed by atoms with Crippen molar-refractivity contribution in [3.05, 3.63) is 59.7 Å². The van der Waals surface area contributed by atoms with E-state index in [1.807, 2.05) is 48.5 Å². The predicted octanol–water partition coefficient (Wildman–Crippen LogP) is 2.35. The Bertz CT molecular complexity index is 709. The van der Waals surface area contributed by atoms with Gasteiger partial charge in [0.25, 0.3) is 0 Å². The number of likely N-dealkylation sites (tertiary alicyclic amines) is 1. The van der Waals surface area contributed by atoms with Gasteiger partial charge < -0.3 is 10.0 Å². The van der Waals surface area contributed by atoms with Crippen molar-refractivity contribution >= 4 is 10.8 Å². The second kappa shape index (κ2) is 5.01. The van der Waals surface area contributed by atoms with E-state index in [0.717, 1.165) is 40.4 Å². The Labute approximate surface area is 133 Å². The molecule has 4 rings (SSSR count). The maximum atomic E-state index is 12.9. The number of hydrogen-bond donors (Lipinski definition) is 1. The highest BCUT2D eigenvalue weighted by atomic mass is 32.2. The molecule has 22 heavy (non-hydrogen) atoms. The van der Waals surface area contributed by atoms with Gasteiger partial charge in [-0.3, -0.25) is 0 Å². The van der Waals surface area contributed by atoms with Crippen molar-refractivity contribution in [1.82, 2.24) is 4.90 Å². The largest absolute Gasteiger partial charge is 0.380 e. The zero-order valence-electron chi connectivity index (χ0n) is 12.5. The van der Waals surface area contributed by atoms with Gasteiger partial charge in [-0.2, -0.15) is 0 Å². The Morgan fingerprint density at radius 2 is 1.64 bits per heavy atom. The fourth-order valence-electron chi connectivity index (χ4n) is 3.87. The number of nitrogens with zero attached hydrogens (tertiary/aromatic N) is 1. The minimum absolute atomic E-state index is 0.122. The highest BCUT2D eigenvalue weighted by Gasteiger charge is 2.48. The molecule has 0 bridgehead atoms. The SMILES string of the molecule is CN1CCC(C2(O)c3ccccc3S(=O)c3ccccc32)C1. The molecule has 3 nitrogen and oxygen atoms in total. The second-order valence-electron chi connectivity index (χ2n) is 6.28. The molecule has 2 aromatic rings. The third-order valence-corrected chi connectivity index (χ3v) is 6.49. The lowest BCUT2D eigenvalue weighted by Gasteiger charge is -2.40. The van der Waals surface area contributed by atoms with Gasteiger partial charge in [0.1, 0.15) is 5.60 Å². The zero-order valence-corrected chi connectivity index (χ0v) is 13.3. The van der Waals surface area contributed by atoms with Crippen LogP contribution >= 0.6 is 0 Å². The van der Waals surface area contributed by atoms with Crippen LogP contribution in [0.1, 0.15) is 17.5 Å². The Morgan fingerprint density at radius 1 is 1.09 bits per heavy atom. The molecule has 1 N–H and O–H groups in total. The summed E-state index contributed by atoms with van der Waals surface area (Å²) in [5.74, 6) is 0.122. The molecule has 0 amide bonds. The van der Waals surface area contributed by atoms with Crippen LogP contribution in [0.15, 0.2) is 58.3 Å². The lowest BCUT2D eigenvalue weighted by Crippen LogP contribution is -2.41. The van der Waals surface area contributed by atoms with Crippen molar-refractivity contribution in [2.24, 2.45) is 5.92 Å². The number of aliphatic hydroxyl groups is 1. The highest BCUT2D eigenvalue weighted by molar-refractivity contribution is 7.85. The summed E-state index contributed by atoms with van der Waals surface area (Å²) in [5, 5.41) is 11.7. The Hall–Kier alpha value is -1.49. The second-order valence-corrected chi connectivity index (χ2v) is 7.69. The number of rotatable bonds is 1.